The number of hydrogen-bond acceptors (Lipinski definition) is 2. The van der Waals surface area contributed by atoms with Crippen LogP contribution in [-0.2, 0) is 0 Å². The molecular weight excluding hydrogens is 106 g/mol. The molecule has 0 rings (SSSR count). The van der Waals surface area contributed by atoms with Gasteiger partial charge in [0.2, 0.25) is 0 Å². The first-order chi connectivity index (χ1) is 3.41. The molecular formula is C5H15NS. The van der Waals surface area contributed by atoms with E-state index in [0.29, 0.717) is 0 Å². The highest BCUT2D eigenvalue weighted by molar-refractivity contribution is 7.80. The number of hydrogen-bond donors (Lipinski definition) is 2. The lowest BCUT2D eigenvalue weighted by atomic mass is 10.4. The van der Waals surface area contributed by atoms with Crippen molar-refractivity contribution in [2.24, 2.45) is 5.73 Å². The third-order valence-corrected chi connectivity index (χ3v) is 0.828. The van der Waals surface area contributed by atoms with Crippen molar-refractivity contribution in [2.45, 2.75) is 19.8 Å². The Morgan fingerprint density at radius 3 is 1.86 bits per heavy atom. The van der Waals surface area contributed by atoms with Gasteiger partial charge in [-0.1, -0.05) is 13.3 Å². The summed E-state index contributed by atoms with van der Waals surface area (Å²) in [6.07, 6.45) is 2.52. The van der Waals surface area contributed by atoms with Gasteiger partial charge in [0.1, 0.15) is 0 Å². The first-order valence-corrected chi connectivity index (χ1v) is 3.23. The normalized spacial score (nSPS) is 6.86. The van der Waals surface area contributed by atoms with E-state index < -0.39 is 0 Å². The van der Waals surface area contributed by atoms with Crippen molar-refractivity contribution in [3.63, 3.8) is 0 Å². The number of rotatable bonds is 2. The lowest BCUT2D eigenvalue weighted by Gasteiger charge is -1.78. The smallest absolute Gasteiger partial charge is 0.00980 e. The van der Waals surface area contributed by atoms with E-state index in [4.69, 9.17) is 0 Å². The van der Waals surface area contributed by atoms with Crippen LogP contribution in [0.2, 0.25) is 0 Å². The lowest BCUT2D eigenvalue weighted by Crippen LogP contribution is -1.69. The highest BCUT2D eigenvalue weighted by atomic mass is 32.1. The molecule has 0 saturated carbocycles. The van der Waals surface area contributed by atoms with Gasteiger partial charge in [-0.15, -0.1) is 0 Å². The Bertz CT molecular complexity index is 15.6. The van der Waals surface area contributed by atoms with Crippen molar-refractivity contribution in [1.82, 2.24) is 0 Å². The SMILES string of the molecule is CCCCS.CN. The predicted molar refractivity (Wildman–Crippen MR) is 38.9 cm³/mol. The summed E-state index contributed by atoms with van der Waals surface area (Å²) in [5, 5.41) is 0. The fourth-order valence-electron chi connectivity index (χ4n) is 0.158. The summed E-state index contributed by atoms with van der Waals surface area (Å²) in [5.41, 5.74) is 4.50. The Kier molecular flexibility index (Phi) is 23.9. The standard InChI is InChI=1S/C4H10S.CH5N/c1-2-3-4-5;1-2/h5H,2-4H2,1H3;2H2,1H3. The maximum absolute atomic E-state index is 4.50. The highest BCUT2D eigenvalue weighted by Gasteiger charge is 1.68. The molecule has 2 N–H and O–H groups in total. The second kappa shape index (κ2) is 16.2. The van der Waals surface area contributed by atoms with Crippen LogP contribution in [0.1, 0.15) is 19.8 Å². The zero-order valence-corrected chi connectivity index (χ0v) is 6.04. The van der Waals surface area contributed by atoms with Crippen molar-refractivity contribution in [3.8, 4) is 0 Å². The number of thiol groups is 1. The van der Waals surface area contributed by atoms with E-state index in [1.54, 1.807) is 0 Å². The van der Waals surface area contributed by atoms with Gasteiger partial charge in [-0.3, -0.25) is 0 Å². The Balaban J connectivity index is 0. The van der Waals surface area contributed by atoms with Gasteiger partial charge in [-0.05, 0) is 19.2 Å². The third kappa shape index (κ3) is 22.0. The second-order valence-electron chi connectivity index (χ2n) is 1.08. The van der Waals surface area contributed by atoms with Crippen LogP contribution in [-0.4, -0.2) is 12.8 Å². The average Bonchev–Trinajstić information content (AvgIpc) is 1.75. The largest absolute Gasteiger partial charge is 0.333 e. The van der Waals surface area contributed by atoms with Gasteiger partial charge >= 0.3 is 0 Å². The van der Waals surface area contributed by atoms with E-state index in [1.807, 2.05) is 0 Å². The zero-order chi connectivity index (χ0) is 6.12. The molecule has 0 aliphatic rings. The summed E-state index contributed by atoms with van der Waals surface area (Å²) in [5.74, 6) is 1.04. The Labute approximate surface area is 51.7 Å². The molecule has 0 aliphatic carbocycles. The van der Waals surface area contributed by atoms with Crippen LogP contribution in [0.15, 0.2) is 0 Å². The van der Waals surface area contributed by atoms with Gasteiger partial charge in [0.05, 0.1) is 0 Å². The van der Waals surface area contributed by atoms with Crippen molar-refractivity contribution in [3.05, 3.63) is 0 Å². The van der Waals surface area contributed by atoms with E-state index in [9.17, 15) is 0 Å². The van der Waals surface area contributed by atoms with Gasteiger partial charge in [0, 0.05) is 0 Å². The summed E-state index contributed by atoms with van der Waals surface area (Å²) in [6, 6.07) is 0. The lowest BCUT2D eigenvalue weighted by molar-refractivity contribution is 0.899. The molecule has 0 aromatic heterocycles. The van der Waals surface area contributed by atoms with Crippen molar-refractivity contribution < 1.29 is 0 Å². The molecule has 0 aliphatic heterocycles. The summed E-state index contributed by atoms with van der Waals surface area (Å²) in [4.78, 5) is 0. The van der Waals surface area contributed by atoms with Gasteiger partial charge in [-0.25, -0.2) is 0 Å². The molecule has 1 nitrogen and oxygen atoms in total. The number of unbranched alkanes of at least 4 members (excludes halogenated alkanes) is 1. The molecule has 0 atom stereocenters. The Morgan fingerprint density at radius 2 is 1.86 bits per heavy atom. The summed E-state index contributed by atoms with van der Waals surface area (Å²) < 4.78 is 0. The molecule has 2 heteroatoms. The first-order valence-electron chi connectivity index (χ1n) is 2.60. The van der Waals surface area contributed by atoms with Crippen molar-refractivity contribution >= 4 is 12.6 Å². The molecule has 0 aromatic carbocycles. The highest BCUT2D eigenvalue weighted by Crippen LogP contribution is 1.85. The molecule has 7 heavy (non-hydrogen) atoms. The molecule has 0 spiro atoms. The first kappa shape index (κ1) is 10.3. The quantitative estimate of drug-likeness (QED) is 0.529. The van der Waals surface area contributed by atoms with Crippen LogP contribution in [0.5, 0.6) is 0 Å². The number of nitrogens with two attached hydrogens (primary N) is 1. The maximum atomic E-state index is 4.50. The molecule has 0 saturated heterocycles. The van der Waals surface area contributed by atoms with Gasteiger partial charge in [0.25, 0.3) is 0 Å². The van der Waals surface area contributed by atoms with Crippen molar-refractivity contribution in [1.29, 1.82) is 0 Å². The van der Waals surface area contributed by atoms with Gasteiger partial charge in [0.15, 0.2) is 0 Å². The summed E-state index contributed by atoms with van der Waals surface area (Å²) in [7, 11) is 1.50. The molecule has 0 aromatic rings. The van der Waals surface area contributed by atoms with Crippen LogP contribution in [0, 0.1) is 0 Å². The molecule has 0 amide bonds. The minimum atomic E-state index is 1.04. The molecule has 0 unspecified atom stereocenters. The fraction of sp³-hybridized carbons (Fsp3) is 1.00. The monoisotopic (exact) mass is 121 g/mol. The molecule has 0 heterocycles. The fourth-order valence-corrected chi connectivity index (χ4v) is 0.474. The van der Waals surface area contributed by atoms with E-state index in [1.165, 1.54) is 19.9 Å². The van der Waals surface area contributed by atoms with Crippen LogP contribution >= 0.6 is 12.6 Å². The van der Waals surface area contributed by atoms with Gasteiger partial charge < -0.3 is 5.73 Å². The molecule has 46 valence electrons. The molecule has 0 radical (unpaired) electrons. The topological polar surface area (TPSA) is 26.0 Å². The van der Waals surface area contributed by atoms with Crippen LogP contribution in [0.25, 0.3) is 0 Å². The Morgan fingerprint density at radius 1 is 1.43 bits per heavy atom. The summed E-state index contributed by atoms with van der Waals surface area (Å²) >= 11 is 4.00. The van der Waals surface area contributed by atoms with Crippen LogP contribution < -0.4 is 5.73 Å². The second-order valence-corrected chi connectivity index (χ2v) is 1.52. The molecule has 0 bridgehead atoms. The van der Waals surface area contributed by atoms with Crippen molar-refractivity contribution in [2.75, 3.05) is 12.8 Å². The zero-order valence-electron chi connectivity index (χ0n) is 5.15. The van der Waals surface area contributed by atoms with E-state index in [0.717, 1.165) is 5.75 Å². The maximum Gasteiger partial charge on any atom is -0.00980 e. The van der Waals surface area contributed by atoms with E-state index in [-0.39, 0.29) is 0 Å². The minimum Gasteiger partial charge on any atom is -0.333 e. The van der Waals surface area contributed by atoms with E-state index in [2.05, 4.69) is 25.3 Å². The van der Waals surface area contributed by atoms with Gasteiger partial charge in [-0.2, -0.15) is 12.6 Å². The third-order valence-electron chi connectivity index (χ3n) is 0.512. The van der Waals surface area contributed by atoms with Crippen LogP contribution in [0.4, 0.5) is 0 Å². The molecule has 0 fully saturated rings. The predicted octanol–water partition coefficient (Wildman–Crippen LogP) is 1.29. The van der Waals surface area contributed by atoms with E-state index >= 15 is 0 Å². The Hall–Kier alpha value is 0.310. The minimum absolute atomic E-state index is 1.04. The average molecular weight is 121 g/mol. The van der Waals surface area contributed by atoms with Crippen LogP contribution in [0.3, 0.4) is 0 Å². The summed E-state index contributed by atoms with van der Waals surface area (Å²) in [6.45, 7) is 2.16.